The van der Waals surface area contributed by atoms with Gasteiger partial charge in [0.05, 0.1) is 0 Å². The molecule has 0 radical (unpaired) electrons. The molecule has 2 heteroatoms. The van der Waals surface area contributed by atoms with E-state index in [1.807, 2.05) is 0 Å². The van der Waals surface area contributed by atoms with Crippen LogP contribution in [0, 0.1) is 0 Å². The topological polar surface area (TPSA) is 29.3 Å². The zero-order chi connectivity index (χ0) is 14.5. The van der Waals surface area contributed by atoms with Crippen molar-refractivity contribution in [3.8, 4) is 0 Å². The molecule has 0 aromatic heterocycles. The van der Waals surface area contributed by atoms with Gasteiger partial charge in [-0.15, -0.1) is 0 Å². The third-order valence-corrected chi connectivity index (χ3v) is 4.59. The summed E-state index contributed by atoms with van der Waals surface area (Å²) in [5.74, 6) is 0.663. The lowest BCUT2D eigenvalue weighted by Gasteiger charge is -2.27. The van der Waals surface area contributed by atoms with E-state index >= 15 is 0 Å². The van der Waals surface area contributed by atoms with Crippen LogP contribution in [0.3, 0.4) is 0 Å². The Hall–Kier alpha value is -1.64. The molecule has 2 atom stereocenters. The fourth-order valence-corrected chi connectivity index (χ4v) is 3.36. The molecule has 1 aliphatic heterocycles. The first-order valence-corrected chi connectivity index (χ1v) is 7.90. The smallest absolute Gasteiger partial charge is 0.0259 e. The predicted octanol–water partition coefficient (Wildman–Crippen LogP) is 3.05. The van der Waals surface area contributed by atoms with Crippen LogP contribution >= 0.6 is 0 Å². The Labute approximate surface area is 127 Å². The van der Waals surface area contributed by atoms with E-state index in [-0.39, 0.29) is 0 Å². The van der Waals surface area contributed by atoms with Crippen molar-refractivity contribution in [1.29, 1.82) is 0 Å². The highest BCUT2D eigenvalue weighted by atomic mass is 15.2. The summed E-state index contributed by atoms with van der Waals surface area (Å²) >= 11 is 0. The Kier molecular flexibility index (Phi) is 4.69. The first kappa shape index (κ1) is 14.3. The third-order valence-electron chi connectivity index (χ3n) is 4.59. The average Bonchev–Trinajstić information content (AvgIpc) is 3.04. The molecule has 2 aromatic rings. The summed E-state index contributed by atoms with van der Waals surface area (Å²) in [6.07, 6.45) is 2.30. The molecule has 2 nitrogen and oxygen atoms in total. The van der Waals surface area contributed by atoms with E-state index in [0.29, 0.717) is 12.0 Å². The Balaban J connectivity index is 1.64. The minimum atomic E-state index is 0.459. The fraction of sp³-hybridized carbons (Fsp3) is 0.368. The lowest BCUT2D eigenvalue weighted by molar-refractivity contribution is 0.243. The number of likely N-dealkylation sites (tertiary alicyclic amines) is 1. The molecule has 3 rings (SSSR count). The van der Waals surface area contributed by atoms with Gasteiger partial charge in [0.15, 0.2) is 0 Å². The summed E-state index contributed by atoms with van der Waals surface area (Å²) in [6.45, 7) is 3.03. The van der Waals surface area contributed by atoms with E-state index in [9.17, 15) is 0 Å². The van der Waals surface area contributed by atoms with E-state index in [4.69, 9.17) is 5.73 Å². The average molecular weight is 280 g/mol. The fourth-order valence-electron chi connectivity index (χ4n) is 3.36. The first-order valence-electron chi connectivity index (χ1n) is 7.90. The van der Waals surface area contributed by atoms with Crippen LogP contribution in [0.2, 0.25) is 0 Å². The first-order chi connectivity index (χ1) is 10.4. The summed E-state index contributed by atoms with van der Waals surface area (Å²) in [6, 6.07) is 22.0. The quantitative estimate of drug-likeness (QED) is 0.912. The molecule has 0 amide bonds. The van der Waals surface area contributed by atoms with Gasteiger partial charge in [-0.25, -0.2) is 0 Å². The maximum atomic E-state index is 6.04. The van der Waals surface area contributed by atoms with Crippen molar-refractivity contribution in [2.75, 3.05) is 19.6 Å². The Bertz CT molecular complexity index is 538. The third kappa shape index (κ3) is 3.52. The van der Waals surface area contributed by atoms with Crippen molar-refractivity contribution >= 4 is 0 Å². The van der Waals surface area contributed by atoms with Gasteiger partial charge in [-0.1, -0.05) is 60.7 Å². The Morgan fingerprint density at radius 2 is 1.67 bits per heavy atom. The monoisotopic (exact) mass is 280 g/mol. The molecule has 0 bridgehead atoms. The van der Waals surface area contributed by atoms with Gasteiger partial charge < -0.3 is 5.73 Å². The number of benzene rings is 2. The highest BCUT2D eigenvalue weighted by Crippen LogP contribution is 2.28. The second-order valence-corrected chi connectivity index (χ2v) is 5.97. The van der Waals surface area contributed by atoms with Gasteiger partial charge in [0, 0.05) is 19.1 Å². The molecule has 110 valence electrons. The van der Waals surface area contributed by atoms with E-state index in [2.05, 4.69) is 65.6 Å². The molecule has 0 spiro atoms. The Morgan fingerprint density at radius 3 is 2.33 bits per heavy atom. The molecule has 0 aliphatic carbocycles. The summed E-state index contributed by atoms with van der Waals surface area (Å²) in [5.41, 5.74) is 8.90. The van der Waals surface area contributed by atoms with Gasteiger partial charge in [-0.05, 0) is 36.4 Å². The maximum Gasteiger partial charge on any atom is 0.0259 e. The van der Waals surface area contributed by atoms with Crippen LogP contribution in [0.5, 0.6) is 0 Å². The number of hydrogen-bond acceptors (Lipinski definition) is 2. The van der Waals surface area contributed by atoms with Gasteiger partial charge in [0.1, 0.15) is 0 Å². The molecule has 2 aromatic carbocycles. The number of rotatable bonds is 5. The van der Waals surface area contributed by atoms with Gasteiger partial charge in [-0.3, -0.25) is 4.90 Å². The second-order valence-electron chi connectivity index (χ2n) is 5.97. The van der Waals surface area contributed by atoms with Crippen LogP contribution in [0.25, 0.3) is 0 Å². The molecule has 0 saturated carbocycles. The predicted molar refractivity (Wildman–Crippen MR) is 88.4 cm³/mol. The van der Waals surface area contributed by atoms with Gasteiger partial charge in [0.25, 0.3) is 0 Å². The molecule has 1 fully saturated rings. The van der Waals surface area contributed by atoms with E-state index in [0.717, 1.165) is 26.1 Å². The number of hydrogen-bond donors (Lipinski definition) is 1. The van der Waals surface area contributed by atoms with Gasteiger partial charge in [0.2, 0.25) is 0 Å². The molecule has 1 saturated heterocycles. The highest BCUT2D eigenvalue weighted by Gasteiger charge is 2.28. The van der Waals surface area contributed by atoms with Gasteiger partial charge in [-0.2, -0.15) is 0 Å². The van der Waals surface area contributed by atoms with Crippen LogP contribution in [0.4, 0.5) is 0 Å². The molecular weight excluding hydrogens is 256 g/mol. The molecule has 21 heavy (non-hydrogen) atoms. The van der Waals surface area contributed by atoms with Crippen LogP contribution < -0.4 is 5.73 Å². The SMILES string of the molecule is NCC(Cc1ccccc1)N1CCC(c2ccccc2)C1. The lowest BCUT2D eigenvalue weighted by Crippen LogP contribution is -2.40. The zero-order valence-electron chi connectivity index (χ0n) is 12.5. The van der Waals surface area contributed by atoms with E-state index < -0.39 is 0 Å². The second kappa shape index (κ2) is 6.88. The van der Waals surface area contributed by atoms with Crippen molar-refractivity contribution < 1.29 is 0 Å². The van der Waals surface area contributed by atoms with Crippen molar-refractivity contribution in [1.82, 2.24) is 4.90 Å². The summed E-state index contributed by atoms with van der Waals surface area (Å²) in [7, 11) is 0. The molecular formula is C19H24N2. The van der Waals surface area contributed by atoms with Crippen molar-refractivity contribution in [2.45, 2.75) is 24.8 Å². The minimum Gasteiger partial charge on any atom is -0.329 e. The van der Waals surface area contributed by atoms with Gasteiger partial charge >= 0.3 is 0 Å². The standard InChI is InChI=1S/C19H24N2/c20-14-19(13-16-7-3-1-4-8-16)21-12-11-18(15-21)17-9-5-2-6-10-17/h1-10,18-19H,11-15,20H2. The molecule has 1 heterocycles. The number of nitrogens with two attached hydrogens (primary N) is 1. The molecule has 2 unspecified atom stereocenters. The summed E-state index contributed by atoms with van der Waals surface area (Å²) in [4.78, 5) is 2.57. The van der Waals surface area contributed by atoms with Crippen molar-refractivity contribution in [3.63, 3.8) is 0 Å². The zero-order valence-corrected chi connectivity index (χ0v) is 12.5. The summed E-state index contributed by atoms with van der Waals surface area (Å²) < 4.78 is 0. The maximum absolute atomic E-state index is 6.04. The van der Waals surface area contributed by atoms with Crippen LogP contribution in [-0.2, 0) is 6.42 Å². The van der Waals surface area contributed by atoms with E-state index in [1.165, 1.54) is 17.5 Å². The summed E-state index contributed by atoms with van der Waals surface area (Å²) in [5, 5.41) is 0. The lowest BCUT2D eigenvalue weighted by atomic mass is 9.98. The number of nitrogens with zero attached hydrogens (tertiary/aromatic N) is 1. The molecule has 2 N–H and O–H groups in total. The largest absolute Gasteiger partial charge is 0.329 e. The van der Waals surface area contributed by atoms with Crippen LogP contribution in [0.15, 0.2) is 60.7 Å². The van der Waals surface area contributed by atoms with Crippen molar-refractivity contribution in [2.24, 2.45) is 5.73 Å². The normalized spacial score (nSPS) is 20.5. The van der Waals surface area contributed by atoms with Crippen LogP contribution in [0.1, 0.15) is 23.5 Å². The van der Waals surface area contributed by atoms with Crippen molar-refractivity contribution in [3.05, 3.63) is 71.8 Å². The van der Waals surface area contributed by atoms with E-state index in [1.54, 1.807) is 0 Å². The minimum absolute atomic E-state index is 0.459. The highest BCUT2D eigenvalue weighted by molar-refractivity contribution is 5.21. The Morgan fingerprint density at radius 1 is 1.00 bits per heavy atom. The van der Waals surface area contributed by atoms with Crippen LogP contribution in [-0.4, -0.2) is 30.6 Å². The molecule has 1 aliphatic rings.